The topological polar surface area (TPSA) is 88.1 Å². The summed E-state index contributed by atoms with van der Waals surface area (Å²) < 4.78 is 10.5. The maximum Gasteiger partial charge on any atom is 0.322 e. The van der Waals surface area contributed by atoms with Crippen LogP contribution in [0.15, 0.2) is 42.5 Å². The van der Waals surface area contributed by atoms with Crippen LogP contribution in [-0.2, 0) is 11.3 Å². The molecule has 0 bridgehead atoms. The van der Waals surface area contributed by atoms with Crippen molar-refractivity contribution in [2.24, 2.45) is 0 Å². The summed E-state index contributed by atoms with van der Waals surface area (Å²) in [6.07, 6.45) is 0.371. The van der Waals surface area contributed by atoms with Crippen molar-refractivity contribution >= 4 is 17.7 Å². The Balaban J connectivity index is 1.79. The maximum absolute atomic E-state index is 12.9. The van der Waals surface area contributed by atoms with Crippen molar-refractivity contribution < 1.29 is 24.2 Å². The molecule has 7 heteroatoms. The second-order valence-electron chi connectivity index (χ2n) is 6.75. The highest BCUT2D eigenvalue weighted by Gasteiger charge is 2.36. The molecule has 3 rings (SSSR count). The predicted octanol–water partition coefficient (Wildman–Crippen LogP) is 3.38. The molecule has 0 aromatic heterocycles. The van der Waals surface area contributed by atoms with E-state index in [0.29, 0.717) is 35.7 Å². The standard InChI is InChI=1S/C21H24N2O5/c1-13-10-16(20(24)25)15-6-4-5-7-17(15)23(13)21(26)22-12-14-8-9-18(27-2)19(11-14)28-3/h4-9,11,13,16H,10,12H2,1-3H3,(H,22,26)(H,24,25). The number of aliphatic carboxylic acids is 1. The number of nitrogens with one attached hydrogen (secondary N) is 1. The highest BCUT2D eigenvalue weighted by Crippen LogP contribution is 2.38. The van der Waals surface area contributed by atoms with E-state index < -0.39 is 11.9 Å². The lowest BCUT2D eigenvalue weighted by Crippen LogP contribution is -2.48. The van der Waals surface area contributed by atoms with Crippen molar-refractivity contribution in [3.05, 3.63) is 53.6 Å². The molecule has 1 heterocycles. The van der Waals surface area contributed by atoms with Gasteiger partial charge in [0.2, 0.25) is 0 Å². The first-order valence-electron chi connectivity index (χ1n) is 9.06. The molecule has 148 valence electrons. The molecule has 2 N–H and O–H groups in total. The van der Waals surface area contributed by atoms with E-state index in [4.69, 9.17) is 9.47 Å². The molecule has 2 aromatic carbocycles. The molecule has 2 atom stereocenters. The zero-order valence-corrected chi connectivity index (χ0v) is 16.1. The molecule has 2 aromatic rings. The van der Waals surface area contributed by atoms with Gasteiger partial charge in [-0.05, 0) is 42.7 Å². The SMILES string of the molecule is COc1ccc(CNC(=O)N2c3ccccc3C(C(=O)O)CC2C)cc1OC. The Hall–Kier alpha value is -3.22. The Morgan fingerprint density at radius 1 is 1.14 bits per heavy atom. The average Bonchev–Trinajstić information content (AvgIpc) is 2.70. The second kappa shape index (κ2) is 8.21. The number of carboxylic acid groups (broad SMARTS) is 1. The van der Waals surface area contributed by atoms with Crippen LogP contribution in [0.25, 0.3) is 0 Å². The van der Waals surface area contributed by atoms with E-state index in [-0.39, 0.29) is 12.1 Å². The van der Waals surface area contributed by atoms with Crippen LogP contribution in [0.5, 0.6) is 11.5 Å². The summed E-state index contributed by atoms with van der Waals surface area (Å²) in [6, 6.07) is 12.1. The number of methoxy groups -OCH3 is 2. The minimum absolute atomic E-state index is 0.235. The first kappa shape index (κ1) is 19.5. The number of hydrogen-bond donors (Lipinski definition) is 2. The molecular weight excluding hydrogens is 360 g/mol. The first-order chi connectivity index (χ1) is 13.5. The van der Waals surface area contributed by atoms with E-state index in [1.807, 2.05) is 25.1 Å². The summed E-state index contributed by atoms with van der Waals surface area (Å²) >= 11 is 0. The molecule has 7 nitrogen and oxygen atoms in total. The summed E-state index contributed by atoms with van der Waals surface area (Å²) in [5.41, 5.74) is 2.17. The van der Waals surface area contributed by atoms with Crippen LogP contribution in [-0.4, -0.2) is 37.4 Å². The van der Waals surface area contributed by atoms with Crippen molar-refractivity contribution in [3.63, 3.8) is 0 Å². The number of amides is 2. The number of carbonyl (C=O) groups is 2. The summed E-state index contributed by atoms with van der Waals surface area (Å²) in [5, 5.41) is 12.4. The molecule has 1 aliphatic rings. The molecule has 0 radical (unpaired) electrons. The van der Waals surface area contributed by atoms with E-state index in [0.717, 1.165) is 5.56 Å². The fourth-order valence-electron chi connectivity index (χ4n) is 3.61. The van der Waals surface area contributed by atoms with E-state index in [9.17, 15) is 14.7 Å². The van der Waals surface area contributed by atoms with Crippen LogP contribution in [0.4, 0.5) is 10.5 Å². The number of rotatable bonds is 5. The molecule has 28 heavy (non-hydrogen) atoms. The monoisotopic (exact) mass is 384 g/mol. The van der Waals surface area contributed by atoms with Crippen LogP contribution in [0.3, 0.4) is 0 Å². The van der Waals surface area contributed by atoms with Crippen LogP contribution in [0, 0.1) is 0 Å². The predicted molar refractivity (Wildman–Crippen MR) is 105 cm³/mol. The summed E-state index contributed by atoms with van der Waals surface area (Å²) in [7, 11) is 3.13. The molecule has 2 unspecified atom stereocenters. The Bertz CT molecular complexity index is 883. The summed E-state index contributed by atoms with van der Waals surface area (Å²) in [5.74, 6) is -0.267. The van der Waals surface area contributed by atoms with Crippen molar-refractivity contribution in [3.8, 4) is 11.5 Å². The number of carbonyl (C=O) groups excluding carboxylic acids is 1. The number of nitrogens with zero attached hydrogens (tertiary/aromatic N) is 1. The minimum Gasteiger partial charge on any atom is -0.493 e. The number of fused-ring (bicyclic) bond motifs is 1. The fourth-order valence-corrected chi connectivity index (χ4v) is 3.61. The number of ether oxygens (including phenoxy) is 2. The lowest BCUT2D eigenvalue weighted by Gasteiger charge is -2.37. The van der Waals surface area contributed by atoms with Gasteiger partial charge < -0.3 is 19.9 Å². The van der Waals surface area contributed by atoms with Crippen molar-refractivity contribution in [1.82, 2.24) is 5.32 Å². The van der Waals surface area contributed by atoms with Gasteiger partial charge in [0.1, 0.15) is 0 Å². The van der Waals surface area contributed by atoms with E-state index >= 15 is 0 Å². The smallest absolute Gasteiger partial charge is 0.322 e. The molecule has 0 fully saturated rings. The van der Waals surface area contributed by atoms with E-state index in [2.05, 4.69) is 5.32 Å². The van der Waals surface area contributed by atoms with Gasteiger partial charge in [-0.25, -0.2) is 4.79 Å². The zero-order chi connectivity index (χ0) is 20.3. The number of anilines is 1. The third-order valence-electron chi connectivity index (χ3n) is 5.00. The Morgan fingerprint density at radius 3 is 2.54 bits per heavy atom. The number of carboxylic acids is 1. The maximum atomic E-state index is 12.9. The fraction of sp³-hybridized carbons (Fsp3) is 0.333. The quantitative estimate of drug-likeness (QED) is 0.825. The van der Waals surface area contributed by atoms with Gasteiger partial charge in [-0.15, -0.1) is 0 Å². The Labute approximate surface area is 163 Å². The zero-order valence-electron chi connectivity index (χ0n) is 16.1. The van der Waals surface area contributed by atoms with Crippen molar-refractivity contribution in [2.45, 2.75) is 31.8 Å². The van der Waals surface area contributed by atoms with Crippen LogP contribution in [0.1, 0.15) is 30.4 Å². The third-order valence-corrected chi connectivity index (χ3v) is 5.00. The largest absolute Gasteiger partial charge is 0.493 e. The number of hydrogen-bond acceptors (Lipinski definition) is 4. The number of urea groups is 1. The third kappa shape index (κ3) is 3.74. The van der Waals surface area contributed by atoms with Crippen LogP contribution in [0.2, 0.25) is 0 Å². The van der Waals surface area contributed by atoms with Gasteiger partial charge in [-0.3, -0.25) is 9.69 Å². The van der Waals surface area contributed by atoms with Gasteiger partial charge in [-0.2, -0.15) is 0 Å². The van der Waals surface area contributed by atoms with Gasteiger partial charge in [-0.1, -0.05) is 24.3 Å². The van der Waals surface area contributed by atoms with Gasteiger partial charge in [0.25, 0.3) is 0 Å². The van der Waals surface area contributed by atoms with Crippen LogP contribution >= 0.6 is 0 Å². The highest BCUT2D eigenvalue weighted by molar-refractivity contribution is 5.96. The molecule has 0 saturated carbocycles. The highest BCUT2D eigenvalue weighted by atomic mass is 16.5. The normalized spacial score (nSPS) is 18.2. The summed E-state index contributed by atoms with van der Waals surface area (Å²) in [4.78, 5) is 26.2. The van der Waals surface area contributed by atoms with Crippen molar-refractivity contribution in [1.29, 1.82) is 0 Å². The lowest BCUT2D eigenvalue weighted by atomic mass is 9.86. The van der Waals surface area contributed by atoms with E-state index in [1.54, 1.807) is 43.4 Å². The van der Waals surface area contributed by atoms with Crippen LogP contribution < -0.4 is 19.7 Å². The van der Waals surface area contributed by atoms with Crippen molar-refractivity contribution in [2.75, 3.05) is 19.1 Å². The molecule has 0 saturated heterocycles. The number of benzene rings is 2. The Morgan fingerprint density at radius 2 is 1.86 bits per heavy atom. The minimum atomic E-state index is -0.871. The average molecular weight is 384 g/mol. The second-order valence-corrected chi connectivity index (χ2v) is 6.75. The summed E-state index contributed by atoms with van der Waals surface area (Å²) in [6.45, 7) is 2.18. The molecule has 2 amide bonds. The molecule has 0 spiro atoms. The molecular formula is C21H24N2O5. The van der Waals surface area contributed by atoms with Gasteiger partial charge in [0, 0.05) is 18.3 Å². The lowest BCUT2D eigenvalue weighted by molar-refractivity contribution is -0.139. The molecule has 1 aliphatic heterocycles. The van der Waals surface area contributed by atoms with E-state index in [1.165, 1.54) is 0 Å². The van der Waals surface area contributed by atoms with Gasteiger partial charge in [0.15, 0.2) is 11.5 Å². The first-order valence-corrected chi connectivity index (χ1v) is 9.06. The van der Waals surface area contributed by atoms with Gasteiger partial charge >= 0.3 is 12.0 Å². The van der Waals surface area contributed by atoms with Gasteiger partial charge in [0.05, 0.1) is 20.1 Å². The Kier molecular flexibility index (Phi) is 5.73. The number of para-hydroxylation sites is 1. The molecule has 0 aliphatic carbocycles.